The van der Waals surface area contributed by atoms with Gasteiger partial charge in [-0.15, -0.1) is 10.2 Å². The molecule has 1 heterocycles. The molecule has 0 radical (unpaired) electrons. The van der Waals surface area contributed by atoms with Gasteiger partial charge >= 0.3 is 0 Å². The number of hydrogen-bond acceptors (Lipinski definition) is 4. The summed E-state index contributed by atoms with van der Waals surface area (Å²) >= 11 is 0. The fourth-order valence-electron chi connectivity index (χ4n) is 2.27. The number of aromatic nitrogens is 2. The summed E-state index contributed by atoms with van der Waals surface area (Å²) in [6.07, 6.45) is 0.420. The van der Waals surface area contributed by atoms with Crippen LogP contribution in [-0.4, -0.2) is 16.1 Å². The zero-order valence-corrected chi connectivity index (χ0v) is 13.1. The molecule has 24 heavy (non-hydrogen) atoms. The largest absolute Gasteiger partial charge is 0.421 e. The number of benzene rings is 2. The molecule has 0 saturated heterocycles. The Morgan fingerprint density at radius 1 is 1.12 bits per heavy atom. The van der Waals surface area contributed by atoms with E-state index in [0.717, 1.165) is 11.1 Å². The van der Waals surface area contributed by atoms with Crippen molar-refractivity contribution in [2.45, 2.75) is 19.8 Å². The summed E-state index contributed by atoms with van der Waals surface area (Å²) in [5.74, 6) is 0.0239. The maximum absolute atomic E-state index is 13.5. The quantitative estimate of drug-likeness (QED) is 0.775. The van der Waals surface area contributed by atoms with E-state index in [4.69, 9.17) is 4.42 Å². The molecular formula is C18H16FN3O2. The van der Waals surface area contributed by atoms with Crippen LogP contribution in [0.25, 0.3) is 11.5 Å². The second-order valence-electron chi connectivity index (χ2n) is 5.34. The van der Waals surface area contributed by atoms with E-state index in [1.54, 1.807) is 12.1 Å². The summed E-state index contributed by atoms with van der Waals surface area (Å²) in [6.45, 7) is 1.96. The first kappa shape index (κ1) is 15.9. The second kappa shape index (κ2) is 7.04. The Bertz CT molecular complexity index is 861. The van der Waals surface area contributed by atoms with Gasteiger partial charge in [-0.2, -0.15) is 0 Å². The number of nitrogens with one attached hydrogen (secondary N) is 1. The van der Waals surface area contributed by atoms with Crippen molar-refractivity contribution >= 4 is 11.6 Å². The zero-order chi connectivity index (χ0) is 16.9. The van der Waals surface area contributed by atoms with Crippen molar-refractivity contribution in [2.24, 2.45) is 0 Å². The Balaban J connectivity index is 1.61. The Morgan fingerprint density at radius 2 is 1.88 bits per heavy atom. The molecule has 0 aliphatic carbocycles. The lowest BCUT2D eigenvalue weighted by molar-refractivity contribution is -0.116. The third-order valence-corrected chi connectivity index (χ3v) is 3.56. The summed E-state index contributed by atoms with van der Waals surface area (Å²) in [7, 11) is 0. The van der Waals surface area contributed by atoms with Gasteiger partial charge in [-0.25, -0.2) is 4.39 Å². The Kier molecular flexibility index (Phi) is 4.65. The lowest BCUT2D eigenvalue weighted by Crippen LogP contribution is -2.13. The van der Waals surface area contributed by atoms with Gasteiger partial charge in [-0.1, -0.05) is 30.3 Å². The molecule has 0 bridgehead atoms. The minimum Gasteiger partial charge on any atom is -0.421 e. The minimum absolute atomic E-state index is 0.129. The number of rotatable bonds is 5. The highest BCUT2D eigenvalue weighted by atomic mass is 19.1. The van der Waals surface area contributed by atoms with Crippen molar-refractivity contribution in [1.29, 1.82) is 0 Å². The lowest BCUT2D eigenvalue weighted by atomic mass is 10.1. The molecule has 1 amide bonds. The molecule has 0 aliphatic heterocycles. The summed E-state index contributed by atoms with van der Waals surface area (Å²) in [5, 5.41) is 10.5. The molecule has 1 N–H and O–H groups in total. The van der Waals surface area contributed by atoms with Gasteiger partial charge in [0.1, 0.15) is 5.82 Å². The van der Waals surface area contributed by atoms with Gasteiger partial charge in [-0.05, 0) is 30.7 Å². The van der Waals surface area contributed by atoms with Crippen LogP contribution in [0, 0.1) is 12.7 Å². The standard InChI is InChI=1S/C18H16FN3O2/c1-12-6-2-3-7-13(12)18-22-21-17(24-18)11-10-16(23)20-15-9-5-4-8-14(15)19/h2-9H,10-11H2,1H3,(H,20,23). The van der Waals surface area contributed by atoms with Crippen molar-refractivity contribution in [3.8, 4) is 11.5 Å². The number of halogens is 1. The molecule has 5 nitrogen and oxygen atoms in total. The fourth-order valence-corrected chi connectivity index (χ4v) is 2.27. The number of anilines is 1. The van der Waals surface area contributed by atoms with Crippen molar-refractivity contribution in [3.63, 3.8) is 0 Å². The SMILES string of the molecule is Cc1ccccc1-c1nnc(CCC(=O)Nc2ccccc2F)o1. The maximum atomic E-state index is 13.5. The smallest absolute Gasteiger partial charge is 0.247 e. The molecule has 0 spiro atoms. The molecule has 6 heteroatoms. The van der Waals surface area contributed by atoms with Gasteiger partial charge in [0.25, 0.3) is 0 Å². The van der Waals surface area contributed by atoms with Crippen LogP contribution in [0.4, 0.5) is 10.1 Å². The van der Waals surface area contributed by atoms with Gasteiger partial charge < -0.3 is 9.73 Å². The molecule has 0 saturated carbocycles. The van der Waals surface area contributed by atoms with Crippen LogP contribution >= 0.6 is 0 Å². The van der Waals surface area contributed by atoms with Gasteiger partial charge in [0.2, 0.25) is 17.7 Å². The summed E-state index contributed by atoms with van der Waals surface area (Å²) in [5.41, 5.74) is 2.06. The van der Waals surface area contributed by atoms with E-state index in [0.29, 0.717) is 18.2 Å². The monoisotopic (exact) mass is 325 g/mol. The Labute approximate surface area is 138 Å². The van der Waals surface area contributed by atoms with Crippen LogP contribution in [0.15, 0.2) is 52.9 Å². The molecule has 2 aromatic carbocycles. The molecule has 0 fully saturated rings. The van der Waals surface area contributed by atoms with E-state index in [1.165, 1.54) is 12.1 Å². The predicted molar refractivity (Wildman–Crippen MR) is 87.8 cm³/mol. The first-order valence-corrected chi connectivity index (χ1v) is 7.56. The highest BCUT2D eigenvalue weighted by Crippen LogP contribution is 2.22. The molecule has 1 aromatic heterocycles. The van der Waals surface area contributed by atoms with Gasteiger partial charge in [0.15, 0.2) is 0 Å². The average Bonchev–Trinajstić information content (AvgIpc) is 3.04. The molecule has 122 valence electrons. The number of carbonyl (C=O) groups excluding carboxylic acids is 1. The van der Waals surface area contributed by atoms with E-state index in [-0.39, 0.29) is 18.0 Å². The third kappa shape index (κ3) is 3.65. The van der Waals surface area contributed by atoms with Crippen LogP contribution in [-0.2, 0) is 11.2 Å². The normalized spacial score (nSPS) is 10.6. The average molecular weight is 325 g/mol. The Hall–Kier alpha value is -3.02. The molecular weight excluding hydrogens is 309 g/mol. The predicted octanol–water partition coefficient (Wildman–Crippen LogP) is 3.76. The first-order valence-electron chi connectivity index (χ1n) is 7.56. The highest BCUT2D eigenvalue weighted by molar-refractivity contribution is 5.90. The topological polar surface area (TPSA) is 68.0 Å². The van der Waals surface area contributed by atoms with E-state index in [1.807, 2.05) is 31.2 Å². The van der Waals surface area contributed by atoms with Crippen LogP contribution in [0.5, 0.6) is 0 Å². The van der Waals surface area contributed by atoms with Crippen molar-refractivity contribution in [1.82, 2.24) is 10.2 Å². The summed E-state index contributed by atoms with van der Waals surface area (Å²) in [4.78, 5) is 11.9. The highest BCUT2D eigenvalue weighted by Gasteiger charge is 2.12. The molecule has 3 rings (SSSR count). The third-order valence-electron chi connectivity index (χ3n) is 3.56. The number of para-hydroxylation sites is 1. The lowest BCUT2D eigenvalue weighted by Gasteiger charge is -2.04. The number of aryl methyl sites for hydroxylation is 2. The van der Waals surface area contributed by atoms with E-state index >= 15 is 0 Å². The van der Waals surface area contributed by atoms with Crippen LogP contribution < -0.4 is 5.32 Å². The fraction of sp³-hybridized carbons (Fsp3) is 0.167. The maximum Gasteiger partial charge on any atom is 0.247 e. The molecule has 3 aromatic rings. The van der Waals surface area contributed by atoms with E-state index in [2.05, 4.69) is 15.5 Å². The van der Waals surface area contributed by atoms with Crippen LogP contribution in [0.3, 0.4) is 0 Å². The number of nitrogens with zero attached hydrogens (tertiary/aromatic N) is 2. The number of amides is 1. The Morgan fingerprint density at radius 3 is 2.67 bits per heavy atom. The molecule has 0 unspecified atom stereocenters. The minimum atomic E-state index is -0.467. The van der Waals surface area contributed by atoms with Crippen LogP contribution in [0.2, 0.25) is 0 Å². The van der Waals surface area contributed by atoms with E-state index in [9.17, 15) is 9.18 Å². The van der Waals surface area contributed by atoms with Crippen molar-refractivity contribution < 1.29 is 13.6 Å². The zero-order valence-electron chi connectivity index (χ0n) is 13.1. The van der Waals surface area contributed by atoms with Crippen molar-refractivity contribution in [2.75, 3.05) is 5.32 Å². The van der Waals surface area contributed by atoms with Gasteiger partial charge in [0.05, 0.1) is 5.69 Å². The van der Waals surface area contributed by atoms with Crippen molar-refractivity contribution in [3.05, 3.63) is 65.8 Å². The summed E-state index contributed by atoms with van der Waals surface area (Å²) in [6, 6.07) is 13.7. The first-order chi connectivity index (χ1) is 11.6. The number of carbonyl (C=O) groups is 1. The number of hydrogen-bond donors (Lipinski definition) is 1. The second-order valence-corrected chi connectivity index (χ2v) is 5.34. The van der Waals surface area contributed by atoms with Gasteiger partial charge in [-0.3, -0.25) is 4.79 Å². The molecule has 0 atom stereocenters. The van der Waals surface area contributed by atoms with Crippen LogP contribution in [0.1, 0.15) is 17.9 Å². The van der Waals surface area contributed by atoms with Gasteiger partial charge in [0, 0.05) is 18.4 Å². The molecule has 0 aliphatic rings. The van der Waals surface area contributed by atoms with E-state index < -0.39 is 5.82 Å². The summed E-state index contributed by atoms with van der Waals surface area (Å²) < 4.78 is 19.1.